The molecule has 1 heterocycles. The molecule has 1 aliphatic rings. The second kappa shape index (κ2) is 6.74. The van der Waals surface area contributed by atoms with Gasteiger partial charge < -0.3 is 15.6 Å². The Morgan fingerprint density at radius 2 is 2.00 bits per heavy atom. The number of sulfonamides is 1. The topological polar surface area (TPSA) is 92.9 Å². The fourth-order valence-electron chi connectivity index (χ4n) is 2.53. The van der Waals surface area contributed by atoms with E-state index in [0.717, 1.165) is 5.56 Å². The molecule has 1 fully saturated rings. The molecule has 1 saturated heterocycles. The Hall–Kier alpha value is -1.15. The Balaban J connectivity index is 2.07. The highest BCUT2D eigenvalue weighted by Crippen LogP contribution is 2.24. The molecule has 0 radical (unpaired) electrons. The van der Waals surface area contributed by atoms with Gasteiger partial charge >= 0.3 is 0 Å². The highest BCUT2D eigenvalue weighted by atomic mass is 32.2. The van der Waals surface area contributed by atoms with Gasteiger partial charge in [-0.3, -0.25) is 0 Å². The Kier molecular flexibility index (Phi) is 5.21. The number of aliphatic hydroxyl groups excluding tert-OH is 1. The minimum atomic E-state index is -3.50. The first kappa shape index (κ1) is 16.2. The smallest absolute Gasteiger partial charge is 0.243 e. The first-order valence-electron chi connectivity index (χ1n) is 7.03. The fraction of sp³-hybridized carbons (Fsp3) is 0.571. The van der Waals surface area contributed by atoms with E-state index < -0.39 is 10.0 Å². The van der Waals surface area contributed by atoms with Crippen LogP contribution in [0.4, 0.5) is 5.69 Å². The lowest BCUT2D eigenvalue weighted by molar-refractivity contribution is 0.00318. The molecule has 118 valence electrons. The van der Waals surface area contributed by atoms with Crippen molar-refractivity contribution in [1.82, 2.24) is 4.31 Å². The molecule has 1 aliphatic heterocycles. The van der Waals surface area contributed by atoms with Crippen molar-refractivity contribution in [1.29, 1.82) is 0 Å². The molecule has 21 heavy (non-hydrogen) atoms. The number of benzene rings is 1. The van der Waals surface area contributed by atoms with Crippen molar-refractivity contribution in [2.24, 2.45) is 0 Å². The van der Waals surface area contributed by atoms with Crippen LogP contribution < -0.4 is 5.73 Å². The van der Waals surface area contributed by atoms with Gasteiger partial charge in [0.2, 0.25) is 10.0 Å². The van der Waals surface area contributed by atoms with Crippen molar-refractivity contribution in [3.8, 4) is 0 Å². The second-order valence-electron chi connectivity index (χ2n) is 5.28. The van der Waals surface area contributed by atoms with Crippen molar-refractivity contribution in [2.45, 2.75) is 30.8 Å². The van der Waals surface area contributed by atoms with Gasteiger partial charge in [-0.15, -0.1) is 0 Å². The van der Waals surface area contributed by atoms with Gasteiger partial charge in [0.05, 0.1) is 24.2 Å². The van der Waals surface area contributed by atoms with Crippen LogP contribution in [0.2, 0.25) is 0 Å². The summed E-state index contributed by atoms with van der Waals surface area (Å²) < 4.78 is 32.1. The number of hydrogen-bond donors (Lipinski definition) is 2. The van der Waals surface area contributed by atoms with E-state index in [0.29, 0.717) is 38.2 Å². The minimum absolute atomic E-state index is 0.0128. The van der Waals surface area contributed by atoms with Gasteiger partial charge in [-0.25, -0.2) is 8.42 Å². The SMILES string of the molecule is Cc1cc(N)cc(S(=O)(=O)N2CCC(OCCO)CC2)c1. The molecule has 2 rings (SSSR count). The third kappa shape index (κ3) is 3.94. The van der Waals surface area contributed by atoms with E-state index >= 15 is 0 Å². The molecule has 7 heteroatoms. The van der Waals surface area contributed by atoms with Gasteiger partial charge in [-0.2, -0.15) is 4.31 Å². The zero-order valence-electron chi connectivity index (χ0n) is 12.2. The average molecular weight is 314 g/mol. The quantitative estimate of drug-likeness (QED) is 0.782. The fourth-order valence-corrected chi connectivity index (χ4v) is 4.14. The molecule has 0 unspecified atom stereocenters. The number of aliphatic hydroxyl groups is 1. The lowest BCUT2D eigenvalue weighted by atomic mass is 10.1. The van der Waals surface area contributed by atoms with Crippen molar-refractivity contribution in [3.63, 3.8) is 0 Å². The second-order valence-corrected chi connectivity index (χ2v) is 7.22. The number of nitrogen functional groups attached to an aromatic ring is 1. The van der Waals surface area contributed by atoms with E-state index in [9.17, 15) is 8.42 Å². The van der Waals surface area contributed by atoms with Gasteiger partial charge in [0, 0.05) is 18.8 Å². The molecule has 6 nitrogen and oxygen atoms in total. The van der Waals surface area contributed by atoms with Gasteiger partial charge in [0.15, 0.2) is 0 Å². The number of hydrogen-bond acceptors (Lipinski definition) is 5. The molecule has 0 aliphatic carbocycles. The normalized spacial score (nSPS) is 18.0. The van der Waals surface area contributed by atoms with Crippen LogP contribution in [-0.2, 0) is 14.8 Å². The summed E-state index contributed by atoms with van der Waals surface area (Å²) in [5, 5.41) is 8.74. The predicted molar refractivity (Wildman–Crippen MR) is 80.4 cm³/mol. The van der Waals surface area contributed by atoms with Crippen molar-refractivity contribution < 1.29 is 18.3 Å². The van der Waals surface area contributed by atoms with E-state index in [-0.39, 0.29) is 17.6 Å². The summed E-state index contributed by atoms with van der Waals surface area (Å²) in [5.74, 6) is 0. The van der Waals surface area contributed by atoms with Crippen LogP contribution >= 0.6 is 0 Å². The van der Waals surface area contributed by atoms with E-state index in [1.807, 2.05) is 6.92 Å². The average Bonchev–Trinajstić information content (AvgIpc) is 2.44. The summed E-state index contributed by atoms with van der Waals surface area (Å²) >= 11 is 0. The van der Waals surface area contributed by atoms with Crippen LogP contribution in [0.25, 0.3) is 0 Å². The van der Waals surface area contributed by atoms with Crippen molar-refractivity contribution in [2.75, 3.05) is 32.0 Å². The lowest BCUT2D eigenvalue weighted by Crippen LogP contribution is -2.41. The van der Waals surface area contributed by atoms with E-state index in [1.54, 1.807) is 12.1 Å². The van der Waals surface area contributed by atoms with Gasteiger partial charge in [-0.1, -0.05) is 0 Å². The molecule has 0 saturated carbocycles. The summed E-state index contributed by atoms with van der Waals surface area (Å²) in [7, 11) is -3.50. The predicted octanol–water partition coefficient (Wildman–Crippen LogP) is 0.739. The molecular formula is C14H22N2O4S. The molecule has 3 N–H and O–H groups in total. The monoisotopic (exact) mass is 314 g/mol. The lowest BCUT2D eigenvalue weighted by Gasteiger charge is -2.31. The molecule has 1 aromatic rings. The highest BCUT2D eigenvalue weighted by Gasteiger charge is 2.29. The third-order valence-corrected chi connectivity index (χ3v) is 5.43. The van der Waals surface area contributed by atoms with Crippen LogP contribution in [0.1, 0.15) is 18.4 Å². The Morgan fingerprint density at radius 1 is 1.33 bits per heavy atom. The molecule has 0 spiro atoms. The largest absolute Gasteiger partial charge is 0.399 e. The van der Waals surface area contributed by atoms with E-state index in [1.165, 1.54) is 10.4 Å². The molecule has 0 atom stereocenters. The third-order valence-electron chi connectivity index (χ3n) is 3.56. The van der Waals surface area contributed by atoms with Crippen LogP contribution in [0.5, 0.6) is 0 Å². The first-order chi connectivity index (χ1) is 9.93. The number of ether oxygens (including phenoxy) is 1. The van der Waals surface area contributed by atoms with Crippen molar-refractivity contribution >= 4 is 15.7 Å². The molecule has 0 bridgehead atoms. The first-order valence-corrected chi connectivity index (χ1v) is 8.47. The van der Waals surface area contributed by atoms with Crippen LogP contribution in [-0.4, -0.2) is 50.2 Å². The number of rotatable bonds is 5. The zero-order chi connectivity index (χ0) is 15.5. The maximum Gasteiger partial charge on any atom is 0.243 e. The number of piperidine rings is 1. The Bertz CT molecular complexity index is 560. The molecule has 0 amide bonds. The Labute approximate surface area is 125 Å². The summed E-state index contributed by atoms with van der Waals surface area (Å²) in [4.78, 5) is 0.245. The summed E-state index contributed by atoms with van der Waals surface area (Å²) in [6.07, 6.45) is 1.30. The van der Waals surface area contributed by atoms with Crippen molar-refractivity contribution in [3.05, 3.63) is 23.8 Å². The number of aryl methyl sites for hydroxylation is 1. The van der Waals surface area contributed by atoms with Crippen LogP contribution in [0.3, 0.4) is 0 Å². The molecule has 1 aromatic carbocycles. The summed E-state index contributed by atoms with van der Waals surface area (Å²) in [6.45, 7) is 2.95. The zero-order valence-corrected chi connectivity index (χ0v) is 13.0. The van der Waals surface area contributed by atoms with Crippen LogP contribution in [0.15, 0.2) is 23.1 Å². The number of anilines is 1. The summed E-state index contributed by atoms with van der Waals surface area (Å²) in [5.41, 5.74) is 7.02. The van der Waals surface area contributed by atoms with Gasteiger partial charge in [0.25, 0.3) is 0 Å². The molecular weight excluding hydrogens is 292 g/mol. The van der Waals surface area contributed by atoms with E-state index in [2.05, 4.69) is 0 Å². The van der Waals surface area contributed by atoms with Gasteiger partial charge in [0.1, 0.15) is 0 Å². The Morgan fingerprint density at radius 3 is 2.57 bits per heavy atom. The molecule has 0 aromatic heterocycles. The van der Waals surface area contributed by atoms with Gasteiger partial charge in [-0.05, 0) is 43.5 Å². The van der Waals surface area contributed by atoms with Crippen LogP contribution in [0, 0.1) is 6.92 Å². The minimum Gasteiger partial charge on any atom is -0.399 e. The number of nitrogens with zero attached hydrogens (tertiary/aromatic N) is 1. The summed E-state index contributed by atoms with van der Waals surface area (Å²) in [6, 6.07) is 4.88. The number of nitrogens with two attached hydrogens (primary N) is 1. The highest BCUT2D eigenvalue weighted by molar-refractivity contribution is 7.89. The van der Waals surface area contributed by atoms with E-state index in [4.69, 9.17) is 15.6 Å². The maximum absolute atomic E-state index is 12.6. The standard InChI is InChI=1S/C14H22N2O4S/c1-11-8-12(15)10-14(9-11)21(18,19)16-4-2-13(3-5-16)20-7-6-17/h8-10,13,17H,2-7,15H2,1H3. The maximum atomic E-state index is 12.6.